The Balaban J connectivity index is 1.56. The quantitative estimate of drug-likeness (QED) is 0.913. The lowest BCUT2D eigenvalue weighted by atomic mass is 10.1. The van der Waals surface area contributed by atoms with E-state index in [-0.39, 0.29) is 0 Å². The Kier molecular flexibility index (Phi) is 4.84. The molecule has 0 aliphatic carbocycles. The van der Waals surface area contributed by atoms with Crippen LogP contribution in [-0.4, -0.2) is 35.6 Å². The highest BCUT2D eigenvalue weighted by molar-refractivity contribution is 5.84. The normalized spacial score (nSPS) is 18.0. The van der Waals surface area contributed by atoms with Crippen LogP contribution in [0.1, 0.15) is 31.7 Å². The van der Waals surface area contributed by atoms with Crippen molar-refractivity contribution in [1.29, 1.82) is 0 Å². The molecule has 1 aliphatic rings. The minimum Gasteiger partial charge on any atom is -0.311 e. The van der Waals surface area contributed by atoms with Gasteiger partial charge in [0, 0.05) is 36.9 Å². The number of likely N-dealkylation sites (tertiary alicyclic amines) is 1. The molecule has 3 rings (SSSR count). The number of aromatic nitrogens is 1. The van der Waals surface area contributed by atoms with Crippen LogP contribution in [0, 0.1) is 0 Å². The molecular weight excluding hydrogens is 258 g/mol. The molecular formula is C18H25N3. The minimum atomic E-state index is 0.619. The molecule has 0 saturated carbocycles. The van der Waals surface area contributed by atoms with Crippen molar-refractivity contribution in [1.82, 2.24) is 15.2 Å². The van der Waals surface area contributed by atoms with Gasteiger partial charge in [-0.2, -0.15) is 0 Å². The van der Waals surface area contributed by atoms with Crippen molar-refractivity contribution in [2.75, 3.05) is 19.6 Å². The van der Waals surface area contributed by atoms with E-state index in [4.69, 9.17) is 0 Å². The van der Waals surface area contributed by atoms with Gasteiger partial charge in [-0.15, -0.1) is 0 Å². The number of nitrogens with one attached hydrogen (secondary N) is 1. The van der Waals surface area contributed by atoms with Crippen LogP contribution in [0.4, 0.5) is 0 Å². The third-order valence-electron chi connectivity index (χ3n) is 4.52. The summed E-state index contributed by atoms with van der Waals surface area (Å²) in [6.45, 7) is 6.80. The van der Waals surface area contributed by atoms with Gasteiger partial charge in [0.15, 0.2) is 0 Å². The fourth-order valence-electron chi connectivity index (χ4n) is 3.22. The average Bonchev–Trinajstić information content (AvgIpc) is 2.56. The van der Waals surface area contributed by atoms with Gasteiger partial charge in [0.2, 0.25) is 0 Å². The number of fused-ring (bicyclic) bond motifs is 1. The predicted octanol–water partition coefficient (Wildman–Crippen LogP) is 3.20. The van der Waals surface area contributed by atoms with Gasteiger partial charge in [0.25, 0.3) is 0 Å². The van der Waals surface area contributed by atoms with E-state index in [1.807, 2.05) is 12.4 Å². The molecule has 2 aromatic rings. The maximum absolute atomic E-state index is 4.35. The van der Waals surface area contributed by atoms with Crippen LogP contribution in [0.15, 0.2) is 36.7 Å². The zero-order valence-electron chi connectivity index (χ0n) is 12.9. The van der Waals surface area contributed by atoms with Crippen LogP contribution in [-0.2, 0) is 6.54 Å². The molecule has 2 heterocycles. The molecule has 1 atom stereocenters. The summed E-state index contributed by atoms with van der Waals surface area (Å²) in [5, 5.41) is 6.14. The summed E-state index contributed by atoms with van der Waals surface area (Å²) in [6.07, 6.45) is 8.05. The Bertz CT molecular complexity index is 570. The fourth-order valence-corrected chi connectivity index (χ4v) is 3.22. The van der Waals surface area contributed by atoms with Gasteiger partial charge in [-0.25, -0.2) is 0 Å². The molecule has 0 spiro atoms. The second kappa shape index (κ2) is 7.01. The van der Waals surface area contributed by atoms with E-state index in [2.05, 4.69) is 46.4 Å². The SMILES string of the molecule is CC(CNCc1cncc2ccccc12)N1CCCCC1. The fraction of sp³-hybridized carbons (Fsp3) is 0.500. The first-order valence-electron chi connectivity index (χ1n) is 8.11. The van der Waals surface area contributed by atoms with Gasteiger partial charge in [-0.05, 0) is 43.8 Å². The molecule has 3 nitrogen and oxygen atoms in total. The molecule has 0 amide bonds. The Labute approximate surface area is 127 Å². The van der Waals surface area contributed by atoms with Crippen molar-refractivity contribution < 1.29 is 0 Å². The zero-order valence-corrected chi connectivity index (χ0v) is 12.9. The smallest absolute Gasteiger partial charge is 0.0346 e. The van der Waals surface area contributed by atoms with Crippen LogP contribution < -0.4 is 5.32 Å². The van der Waals surface area contributed by atoms with Crippen LogP contribution in [0.2, 0.25) is 0 Å². The topological polar surface area (TPSA) is 28.2 Å². The summed E-state index contributed by atoms with van der Waals surface area (Å²) in [5.74, 6) is 0. The zero-order chi connectivity index (χ0) is 14.5. The molecule has 1 unspecified atom stereocenters. The molecule has 1 aromatic heterocycles. The number of hydrogen-bond acceptors (Lipinski definition) is 3. The molecule has 1 saturated heterocycles. The number of nitrogens with zero attached hydrogens (tertiary/aromatic N) is 2. The molecule has 3 heteroatoms. The average molecular weight is 283 g/mol. The van der Waals surface area contributed by atoms with E-state index >= 15 is 0 Å². The van der Waals surface area contributed by atoms with Crippen molar-refractivity contribution in [2.45, 2.75) is 38.8 Å². The largest absolute Gasteiger partial charge is 0.311 e. The van der Waals surface area contributed by atoms with Gasteiger partial charge in [0.05, 0.1) is 0 Å². The van der Waals surface area contributed by atoms with E-state index in [0.29, 0.717) is 6.04 Å². The summed E-state index contributed by atoms with van der Waals surface area (Å²) in [4.78, 5) is 6.96. The van der Waals surface area contributed by atoms with Gasteiger partial charge in [0.1, 0.15) is 0 Å². The van der Waals surface area contributed by atoms with Crippen LogP contribution >= 0.6 is 0 Å². The van der Waals surface area contributed by atoms with Gasteiger partial charge in [-0.1, -0.05) is 30.7 Å². The van der Waals surface area contributed by atoms with Crippen molar-refractivity contribution in [2.24, 2.45) is 0 Å². The first-order chi connectivity index (χ1) is 10.3. The number of hydrogen-bond donors (Lipinski definition) is 1. The highest BCUT2D eigenvalue weighted by atomic mass is 15.2. The maximum atomic E-state index is 4.35. The number of piperidine rings is 1. The minimum absolute atomic E-state index is 0.619. The van der Waals surface area contributed by atoms with Crippen molar-refractivity contribution in [3.8, 4) is 0 Å². The number of benzene rings is 1. The van der Waals surface area contributed by atoms with E-state index in [9.17, 15) is 0 Å². The van der Waals surface area contributed by atoms with Crippen LogP contribution in [0.3, 0.4) is 0 Å². The van der Waals surface area contributed by atoms with Crippen molar-refractivity contribution in [3.05, 3.63) is 42.2 Å². The molecule has 1 N–H and O–H groups in total. The molecule has 112 valence electrons. The molecule has 1 aromatic carbocycles. The summed E-state index contributed by atoms with van der Waals surface area (Å²) in [6, 6.07) is 9.10. The second-order valence-corrected chi connectivity index (χ2v) is 6.10. The highest BCUT2D eigenvalue weighted by Gasteiger charge is 2.16. The Hall–Kier alpha value is -1.45. The molecule has 0 radical (unpaired) electrons. The predicted molar refractivity (Wildman–Crippen MR) is 88.3 cm³/mol. The molecule has 1 aliphatic heterocycles. The van der Waals surface area contributed by atoms with Gasteiger partial charge < -0.3 is 5.32 Å². The van der Waals surface area contributed by atoms with Gasteiger partial charge >= 0.3 is 0 Å². The Morgan fingerprint density at radius 2 is 1.95 bits per heavy atom. The lowest BCUT2D eigenvalue weighted by Crippen LogP contribution is -2.42. The monoisotopic (exact) mass is 283 g/mol. The summed E-state index contributed by atoms with van der Waals surface area (Å²) in [7, 11) is 0. The first-order valence-corrected chi connectivity index (χ1v) is 8.11. The van der Waals surface area contributed by atoms with E-state index < -0.39 is 0 Å². The highest BCUT2D eigenvalue weighted by Crippen LogP contribution is 2.17. The number of rotatable bonds is 5. The van der Waals surface area contributed by atoms with Crippen molar-refractivity contribution in [3.63, 3.8) is 0 Å². The van der Waals surface area contributed by atoms with Gasteiger partial charge in [-0.3, -0.25) is 9.88 Å². The number of pyridine rings is 1. The van der Waals surface area contributed by atoms with E-state index in [1.54, 1.807) is 0 Å². The Morgan fingerprint density at radius 3 is 2.81 bits per heavy atom. The second-order valence-electron chi connectivity index (χ2n) is 6.10. The Morgan fingerprint density at radius 1 is 1.14 bits per heavy atom. The summed E-state index contributed by atoms with van der Waals surface area (Å²) < 4.78 is 0. The van der Waals surface area contributed by atoms with E-state index in [1.165, 1.54) is 48.7 Å². The molecule has 21 heavy (non-hydrogen) atoms. The van der Waals surface area contributed by atoms with E-state index in [0.717, 1.165) is 13.1 Å². The molecule has 1 fully saturated rings. The lowest BCUT2D eigenvalue weighted by Gasteiger charge is -2.32. The lowest BCUT2D eigenvalue weighted by molar-refractivity contribution is 0.170. The third kappa shape index (κ3) is 3.60. The van der Waals surface area contributed by atoms with Crippen LogP contribution in [0.25, 0.3) is 10.8 Å². The third-order valence-corrected chi connectivity index (χ3v) is 4.52. The standard InChI is InChI=1S/C18H25N3/c1-15(21-9-5-2-6-10-21)11-19-13-17-14-20-12-16-7-3-4-8-18(16)17/h3-4,7-8,12,14-15,19H,2,5-6,9-11,13H2,1H3. The summed E-state index contributed by atoms with van der Waals surface area (Å²) in [5.41, 5.74) is 1.29. The van der Waals surface area contributed by atoms with Crippen molar-refractivity contribution >= 4 is 10.8 Å². The molecule has 0 bridgehead atoms. The summed E-state index contributed by atoms with van der Waals surface area (Å²) >= 11 is 0. The first kappa shape index (κ1) is 14.5. The maximum Gasteiger partial charge on any atom is 0.0346 e. The van der Waals surface area contributed by atoms with Crippen LogP contribution in [0.5, 0.6) is 0 Å².